The Balaban J connectivity index is 1.55. The van der Waals surface area contributed by atoms with Crippen molar-refractivity contribution in [2.24, 2.45) is 94.7 Å². The van der Waals surface area contributed by atoms with Gasteiger partial charge in [-0.05, 0) is 108 Å². The van der Waals surface area contributed by atoms with Crippen LogP contribution in [-0.4, -0.2) is 0 Å². The molecule has 0 unspecified atom stereocenters. The molecule has 0 bridgehead atoms. The van der Waals surface area contributed by atoms with Crippen molar-refractivity contribution >= 4 is 0 Å². The van der Waals surface area contributed by atoms with Gasteiger partial charge in [0.1, 0.15) is 0 Å². The van der Waals surface area contributed by atoms with E-state index in [1.807, 2.05) is 0 Å². The zero-order chi connectivity index (χ0) is 11.8. The Kier molecular flexibility index (Phi) is 0.797. The summed E-state index contributed by atoms with van der Waals surface area (Å²) < 4.78 is 0. The standard InChI is InChI=1S/C20H20/c1-3-7-5-2-6-8-4(1)10-9(3)15-13(7)17-11(5)12(6)18-14(8)16(10)19(15)20(17)18/h3-5,7,9-20H,1-2H2/t3-,4+,5-,7-,9-,10+,11-,12-,13-,14+,15-,16+,17-,18-,19-,20-/m1/s1. The molecule has 10 aliphatic rings. The molecule has 10 rings (SSSR count). The van der Waals surface area contributed by atoms with Crippen LogP contribution in [0.2, 0.25) is 0 Å². The zero-order valence-electron chi connectivity index (χ0n) is 11.7. The van der Waals surface area contributed by atoms with Gasteiger partial charge in [0.2, 0.25) is 0 Å². The van der Waals surface area contributed by atoms with Crippen molar-refractivity contribution in [3.63, 3.8) is 0 Å². The summed E-state index contributed by atoms with van der Waals surface area (Å²) in [6, 6.07) is 0. The fourth-order valence-corrected chi connectivity index (χ4v) is 13.3. The molecule has 20 heavy (non-hydrogen) atoms. The molecule has 10 aliphatic carbocycles. The second-order valence-electron chi connectivity index (χ2n) is 10.8. The molecule has 0 aliphatic heterocycles. The van der Waals surface area contributed by atoms with Gasteiger partial charge in [-0.2, -0.15) is 0 Å². The lowest BCUT2D eigenvalue weighted by molar-refractivity contribution is 0.181. The molecule has 0 radical (unpaired) electrons. The van der Waals surface area contributed by atoms with Gasteiger partial charge in [-0.25, -0.2) is 0 Å². The Morgan fingerprint density at radius 3 is 2.35 bits per heavy atom. The van der Waals surface area contributed by atoms with Gasteiger partial charge in [0.05, 0.1) is 0 Å². The van der Waals surface area contributed by atoms with Crippen LogP contribution >= 0.6 is 0 Å². The minimum Gasteiger partial charge on any atom is -0.0664 e. The van der Waals surface area contributed by atoms with Gasteiger partial charge >= 0.3 is 0 Å². The van der Waals surface area contributed by atoms with Crippen molar-refractivity contribution in [2.75, 3.05) is 0 Å². The van der Waals surface area contributed by atoms with E-state index in [-0.39, 0.29) is 0 Å². The largest absolute Gasteiger partial charge is 0.0664 e. The quantitative estimate of drug-likeness (QED) is 0.587. The van der Waals surface area contributed by atoms with E-state index >= 15 is 0 Å². The number of allylic oxidation sites excluding steroid dienone is 2. The smallest absolute Gasteiger partial charge is 0.0126 e. The SMILES string of the molecule is C1C2=C3[C@@H]4[C@H]5[C@H]2[C@H]2[C@H]1[C@H]1[C@H]6C[C@@H]3[C@H]3[C@@H]6[C@@H]6[C@@H]1[C@@H]2[C@H]5[C@H]6[C@H]43. The summed E-state index contributed by atoms with van der Waals surface area (Å²) in [6.07, 6.45) is 3.34. The molecule has 0 aromatic carbocycles. The third kappa shape index (κ3) is 0.428. The first-order valence-electron chi connectivity index (χ1n) is 9.69. The maximum absolute atomic E-state index is 2.19. The van der Waals surface area contributed by atoms with Crippen LogP contribution in [0.25, 0.3) is 0 Å². The fraction of sp³-hybridized carbons (Fsp3) is 0.900. The van der Waals surface area contributed by atoms with E-state index in [0.29, 0.717) is 0 Å². The summed E-state index contributed by atoms with van der Waals surface area (Å²) in [4.78, 5) is 0. The van der Waals surface area contributed by atoms with Gasteiger partial charge in [0.25, 0.3) is 0 Å². The van der Waals surface area contributed by atoms with E-state index in [0.717, 1.165) is 5.92 Å². The highest BCUT2D eigenvalue weighted by atomic mass is 14.9. The number of hydrogen-bond acceptors (Lipinski definition) is 0. The first-order valence-corrected chi connectivity index (χ1v) is 9.69. The van der Waals surface area contributed by atoms with Gasteiger partial charge in [0, 0.05) is 0 Å². The second kappa shape index (κ2) is 1.90. The van der Waals surface area contributed by atoms with E-state index < -0.39 is 0 Å². The first-order chi connectivity index (χ1) is 9.97. The molecule has 0 saturated heterocycles. The average Bonchev–Trinajstić information content (AvgIpc) is 3.11. The van der Waals surface area contributed by atoms with Gasteiger partial charge in [-0.15, -0.1) is 0 Å². The van der Waals surface area contributed by atoms with Crippen LogP contribution in [0.3, 0.4) is 0 Å². The lowest BCUT2D eigenvalue weighted by atomic mass is 9.74. The van der Waals surface area contributed by atoms with Crippen molar-refractivity contribution in [2.45, 2.75) is 12.8 Å². The van der Waals surface area contributed by atoms with Crippen LogP contribution in [0.4, 0.5) is 0 Å². The van der Waals surface area contributed by atoms with Crippen LogP contribution < -0.4 is 0 Å². The minimum atomic E-state index is 1.16. The van der Waals surface area contributed by atoms with Gasteiger partial charge in [-0.3, -0.25) is 0 Å². The fourth-order valence-electron chi connectivity index (χ4n) is 13.3. The predicted molar refractivity (Wildman–Crippen MR) is 72.1 cm³/mol. The molecule has 9 saturated carbocycles. The first kappa shape index (κ1) is 8.39. The topological polar surface area (TPSA) is 0 Å². The summed E-state index contributed by atoms with van der Waals surface area (Å²) >= 11 is 0. The van der Waals surface area contributed by atoms with Crippen molar-refractivity contribution in [3.05, 3.63) is 11.1 Å². The summed E-state index contributed by atoms with van der Waals surface area (Å²) in [6.45, 7) is 0. The molecule has 0 aromatic heterocycles. The van der Waals surface area contributed by atoms with Gasteiger partial charge in [-0.1, -0.05) is 11.1 Å². The van der Waals surface area contributed by atoms with Crippen LogP contribution in [0.5, 0.6) is 0 Å². The molecule has 0 aromatic rings. The maximum atomic E-state index is 2.19. The lowest BCUT2D eigenvalue weighted by Crippen LogP contribution is -2.26. The van der Waals surface area contributed by atoms with E-state index in [1.165, 1.54) is 88.8 Å². The molecule has 16 atom stereocenters. The molecular weight excluding hydrogens is 240 g/mol. The van der Waals surface area contributed by atoms with E-state index in [9.17, 15) is 0 Å². The average molecular weight is 260 g/mol. The Morgan fingerprint density at radius 1 is 0.550 bits per heavy atom. The molecular formula is C20H20. The summed E-state index contributed by atoms with van der Waals surface area (Å²) in [5.74, 6) is 20.0. The monoisotopic (exact) mass is 260 g/mol. The highest BCUT2D eigenvalue weighted by molar-refractivity contribution is 5.52. The number of hydrogen-bond donors (Lipinski definition) is 0. The van der Waals surface area contributed by atoms with Crippen LogP contribution in [0, 0.1) is 94.7 Å². The Morgan fingerprint density at radius 2 is 1.35 bits per heavy atom. The van der Waals surface area contributed by atoms with E-state index in [1.54, 1.807) is 12.8 Å². The second-order valence-corrected chi connectivity index (χ2v) is 10.8. The minimum absolute atomic E-state index is 1.16. The molecule has 0 spiro atoms. The van der Waals surface area contributed by atoms with Crippen molar-refractivity contribution in [1.82, 2.24) is 0 Å². The van der Waals surface area contributed by atoms with E-state index in [2.05, 4.69) is 11.1 Å². The predicted octanol–water partition coefficient (Wildman–Crippen LogP) is 3.06. The van der Waals surface area contributed by atoms with Crippen LogP contribution in [0.1, 0.15) is 12.8 Å². The summed E-state index contributed by atoms with van der Waals surface area (Å²) in [5, 5.41) is 0. The normalized spacial score (nSPS) is 92.4. The third-order valence-electron chi connectivity index (χ3n) is 11.9. The Hall–Kier alpha value is -0.260. The molecule has 0 heterocycles. The maximum Gasteiger partial charge on any atom is -0.0126 e. The molecule has 0 amide bonds. The van der Waals surface area contributed by atoms with Crippen molar-refractivity contribution in [3.8, 4) is 0 Å². The molecule has 0 N–H and O–H groups in total. The van der Waals surface area contributed by atoms with Crippen molar-refractivity contribution < 1.29 is 0 Å². The van der Waals surface area contributed by atoms with Gasteiger partial charge < -0.3 is 0 Å². The zero-order valence-corrected chi connectivity index (χ0v) is 11.7. The van der Waals surface area contributed by atoms with Crippen LogP contribution in [0.15, 0.2) is 11.1 Å². The molecule has 0 nitrogen and oxygen atoms in total. The Labute approximate surface area is 119 Å². The molecule has 9 fully saturated rings. The van der Waals surface area contributed by atoms with Crippen molar-refractivity contribution in [1.29, 1.82) is 0 Å². The Bertz CT molecular complexity index is 707. The molecule has 100 valence electrons. The highest BCUT2D eigenvalue weighted by Gasteiger charge is 2.90. The van der Waals surface area contributed by atoms with E-state index in [4.69, 9.17) is 0 Å². The summed E-state index contributed by atoms with van der Waals surface area (Å²) in [5.41, 5.74) is 4.35. The number of fused-ring (bicyclic) bond motifs is 3. The number of rotatable bonds is 0. The van der Waals surface area contributed by atoms with Crippen LogP contribution in [-0.2, 0) is 0 Å². The lowest BCUT2D eigenvalue weighted by Gasteiger charge is -2.31. The highest BCUT2D eigenvalue weighted by Crippen LogP contribution is 2.95. The third-order valence-corrected chi connectivity index (χ3v) is 11.9. The molecule has 0 heteroatoms. The van der Waals surface area contributed by atoms with Gasteiger partial charge in [0.15, 0.2) is 0 Å². The summed E-state index contributed by atoms with van der Waals surface area (Å²) in [7, 11) is 0.